The van der Waals surface area contributed by atoms with Crippen molar-refractivity contribution in [3.05, 3.63) is 28.8 Å². The molecule has 0 heterocycles. The molecule has 1 aromatic rings. The van der Waals surface area contributed by atoms with Crippen LogP contribution in [0.4, 0.5) is 0 Å². The van der Waals surface area contributed by atoms with Crippen LogP contribution in [-0.4, -0.2) is 0 Å². The molecule has 0 aromatic heterocycles. The Balaban J connectivity index is 0.000001000. The van der Waals surface area contributed by atoms with Gasteiger partial charge in [0, 0.05) is 0 Å². The van der Waals surface area contributed by atoms with Crippen molar-refractivity contribution in [1.82, 2.24) is 0 Å². The Hall–Kier alpha value is 0.656. The first-order valence-electron chi connectivity index (χ1n) is 3.36. The summed E-state index contributed by atoms with van der Waals surface area (Å²) >= 11 is 0. The van der Waals surface area contributed by atoms with Gasteiger partial charge in [0.1, 0.15) is 0 Å². The van der Waals surface area contributed by atoms with E-state index in [9.17, 15) is 5.11 Å². The predicted octanol–water partition coefficient (Wildman–Crippen LogP) is -1.31. The van der Waals surface area contributed by atoms with Crippen LogP contribution in [0.1, 0.15) is 16.7 Å². The van der Waals surface area contributed by atoms with E-state index >= 15 is 0 Å². The van der Waals surface area contributed by atoms with E-state index < -0.39 is 0 Å². The van der Waals surface area contributed by atoms with Crippen LogP contribution in [0.2, 0.25) is 0 Å². The average Bonchev–Trinajstić information content (AvgIpc) is 1.82. The van der Waals surface area contributed by atoms with E-state index in [0.717, 1.165) is 16.7 Å². The van der Waals surface area contributed by atoms with Crippen LogP contribution in [0.25, 0.3) is 0 Å². The topological polar surface area (TPSA) is 23.1 Å². The third kappa shape index (κ3) is 2.88. The first-order chi connectivity index (χ1) is 4.61. The third-order valence-corrected chi connectivity index (χ3v) is 1.60. The second kappa shape index (κ2) is 4.63. The van der Waals surface area contributed by atoms with Crippen molar-refractivity contribution < 1.29 is 56.5 Å². The summed E-state index contributed by atoms with van der Waals surface area (Å²) in [6.07, 6.45) is 0. The zero-order valence-electron chi connectivity index (χ0n) is 7.56. The molecule has 0 saturated heterocycles. The van der Waals surface area contributed by atoms with Gasteiger partial charge in [0.25, 0.3) is 0 Å². The maximum atomic E-state index is 11.1. The summed E-state index contributed by atoms with van der Waals surface area (Å²) in [6.45, 7) is 5.70. The monoisotopic (exact) mass is 174 g/mol. The number of aryl methyl sites for hydroxylation is 3. The van der Waals surface area contributed by atoms with E-state index in [0.29, 0.717) is 0 Å². The molecule has 0 aliphatic rings. The van der Waals surface area contributed by atoms with E-state index in [-0.39, 0.29) is 57.1 Å². The average molecular weight is 174 g/mol. The van der Waals surface area contributed by atoms with E-state index in [4.69, 9.17) is 0 Å². The third-order valence-electron chi connectivity index (χ3n) is 1.60. The van der Waals surface area contributed by atoms with Crippen LogP contribution in [0.5, 0.6) is 5.75 Å². The molecule has 0 bridgehead atoms. The Kier molecular flexibility index (Phi) is 4.90. The van der Waals surface area contributed by atoms with Crippen LogP contribution >= 0.6 is 0 Å². The van der Waals surface area contributed by atoms with Gasteiger partial charge in [-0.2, -0.15) is 0 Å². The molecule has 0 atom stereocenters. The molecule has 2 heteroatoms. The second-order valence-electron chi connectivity index (χ2n) is 2.73. The molecule has 0 spiro atoms. The standard InChI is InChI=1S/C9H12O.K/c1-6-4-7(2)9(10)8(3)5-6;/h4-5,10H,1-3H3;/q;+1/p-1. The molecular weight excluding hydrogens is 163 g/mol. The van der Waals surface area contributed by atoms with Crippen LogP contribution < -0.4 is 56.5 Å². The van der Waals surface area contributed by atoms with Crippen molar-refractivity contribution in [2.45, 2.75) is 20.8 Å². The number of hydrogen-bond donors (Lipinski definition) is 0. The normalized spacial score (nSPS) is 9.00. The molecule has 0 radical (unpaired) electrons. The molecule has 0 amide bonds. The Morgan fingerprint density at radius 2 is 1.36 bits per heavy atom. The maximum absolute atomic E-state index is 11.1. The van der Waals surface area contributed by atoms with Gasteiger partial charge in [0.15, 0.2) is 0 Å². The molecule has 11 heavy (non-hydrogen) atoms. The largest absolute Gasteiger partial charge is 1.00 e. The molecule has 1 rings (SSSR count). The Labute approximate surface area is 110 Å². The predicted molar refractivity (Wildman–Crippen MR) is 40.1 cm³/mol. The van der Waals surface area contributed by atoms with Gasteiger partial charge in [0.05, 0.1) is 0 Å². The number of rotatable bonds is 0. The molecule has 0 aliphatic heterocycles. The molecule has 1 nitrogen and oxygen atoms in total. The van der Waals surface area contributed by atoms with E-state index in [1.165, 1.54) is 0 Å². The second-order valence-corrected chi connectivity index (χ2v) is 2.73. The quantitative estimate of drug-likeness (QED) is 0.448. The molecule has 0 unspecified atom stereocenters. The zero-order chi connectivity index (χ0) is 7.72. The molecular formula is C9H11KO. The fourth-order valence-electron chi connectivity index (χ4n) is 1.17. The van der Waals surface area contributed by atoms with Crippen LogP contribution in [-0.2, 0) is 0 Å². The minimum Gasteiger partial charge on any atom is -0.872 e. The summed E-state index contributed by atoms with van der Waals surface area (Å²) in [5.74, 6) is 0.172. The fraction of sp³-hybridized carbons (Fsp3) is 0.333. The minimum absolute atomic E-state index is 0. The first kappa shape index (κ1) is 11.7. The Morgan fingerprint density at radius 1 is 1.00 bits per heavy atom. The zero-order valence-corrected chi connectivity index (χ0v) is 10.7. The summed E-state index contributed by atoms with van der Waals surface area (Å²) in [5.41, 5.74) is 2.85. The van der Waals surface area contributed by atoms with Gasteiger partial charge in [0.2, 0.25) is 0 Å². The van der Waals surface area contributed by atoms with Gasteiger partial charge in [-0.3, -0.25) is 0 Å². The minimum atomic E-state index is 0. The molecule has 0 fully saturated rings. The molecule has 0 aliphatic carbocycles. The molecule has 0 saturated carbocycles. The fourth-order valence-corrected chi connectivity index (χ4v) is 1.17. The van der Waals surface area contributed by atoms with Gasteiger partial charge in [-0.05, 0) is 20.8 Å². The Morgan fingerprint density at radius 3 is 1.73 bits per heavy atom. The van der Waals surface area contributed by atoms with Gasteiger partial charge >= 0.3 is 51.4 Å². The SMILES string of the molecule is Cc1cc(C)c([O-])c(C)c1.[K+]. The summed E-state index contributed by atoms with van der Waals surface area (Å²) in [5, 5.41) is 11.1. The molecule has 54 valence electrons. The number of benzene rings is 1. The molecule has 1 aromatic carbocycles. The van der Waals surface area contributed by atoms with E-state index in [2.05, 4.69) is 0 Å². The Bertz CT molecular complexity index is 233. The van der Waals surface area contributed by atoms with Crippen molar-refractivity contribution >= 4 is 0 Å². The molecule has 0 N–H and O–H groups in total. The van der Waals surface area contributed by atoms with Crippen LogP contribution in [0.15, 0.2) is 12.1 Å². The van der Waals surface area contributed by atoms with Crippen molar-refractivity contribution in [2.75, 3.05) is 0 Å². The number of hydrogen-bond acceptors (Lipinski definition) is 1. The van der Waals surface area contributed by atoms with Gasteiger partial charge in [-0.15, -0.1) is 5.75 Å². The summed E-state index contributed by atoms with van der Waals surface area (Å²) in [4.78, 5) is 0. The summed E-state index contributed by atoms with van der Waals surface area (Å²) in [7, 11) is 0. The summed E-state index contributed by atoms with van der Waals surface area (Å²) < 4.78 is 0. The van der Waals surface area contributed by atoms with Crippen molar-refractivity contribution in [3.8, 4) is 5.75 Å². The smallest absolute Gasteiger partial charge is 0.872 e. The summed E-state index contributed by atoms with van der Waals surface area (Å²) in [6, 6.07) is 3.82. The van der Waals surface area contributed by atoms with E-state index in [1.54, 1.807) is 0 Å². The van der Waals surface area contributed by atoms with E-state index in [1.807, 2.05) is 32.9 Å². The van der Waals surface area contributed by atoms with Crippen LogP contribution in [0.3, 0.4) is 0 Å². The van der Waals surface area contributed by atoms with Gasteiger partial charge in [-0.25, -0.2) is 0 Å². The van der Waals surface area contributed by atoms with Crippen LogP contribution in [0, 0.1) is 20.8 Å². The first-order valence-corrected chi connectivity index (χ1v) is 3.36. The maximum Gasteiger partial charge on any atom is 1.00 e. The van der Waals surface area contributed by atoms with Crippen molar-refractivity contribution in [2.24, 2.45) is 0 Å². The van der Waals surface area contributed by atoms with Crippen molar-refractivity contribution in [3.63, 3.8) is 0 Å². The van der Waals surface area contributed by atoms with Gasteiger partial charge in [-0.1, -0.05) is 28.8 Å². The van der Waals surface area contributed by atoms with Gasteiger partial charge < -0.3 is 5.11 Å². The van der Waals surface area contributed by atoms with Crippen molar-refractivity contribution in [1.29, 1.82) is 0 Å².